The van der Waals surface area contributed by atoms with Crippen LogP contribution in [0.25, 0.3) is 0 Å². The number of rotatable bonds is 6. The van der Waals surface area contributed by atoms with Gasteiger partial charge in [-0.2, -0.15) is 0 Å². The van der Waals surface area contributed by atoms with Crippen LogP contribution in [-0.2, 0) is 4.74 Å². The van der Waals surface area contributed by atoms with E-state index in [1.165, 1.54) is 0 Å². The van der Waals surface area contributed by atoms with Crippen molar-refractivity contribution in [1.29, 1.82) is 0 Å². The fourth-order valence-corrected chi connectivity index (χ4v) is 2.62. The van der Waals surface area contributed by atoms with Gasteiger partial charge in [-0.1, -0.05) is 15.9 Å². The number of hydrogen-bond donors (Lipinski definition) is 1. The molecule has 1 saturated carbocycles. The predicted octanol–water partition coefficient (Wildman–Crippen LogP) is 4.45. The van der Waals surface area contributed by atoms with Gasteiger partial charge in [0.1, 0.15) is 5.60 Å². The summed E-state index contributed by atoms with van der Waals surface area (Å²) >= 11 is 3.40. The quantitative estimate of drug-likeness (QED) is 0.786. The first kappa shape index (κ1) is 18.0. The van der Waals surface area contributed by atoms with E-state index in [1.807, 2.05) is 39.8 Å². The van der Waals surface area contributed by atoms with Crippen molar-refractivity contribution in [3.8, 4) is 5.88 Å². The van der Waals surface area contributed by atoms with Crippen molar-refractivity contribution in [3.05, 3.63) is 22.8 Å². The summed E-state index contributed by atoms with van der Waals surface area (Å²) < 4.78 is 12.1. The predicted molar refractivity (Wildman–Crippen MR) is 92.6 cm³/mol. The highest BCUT2D eigenvalue weighted by atomic mass is 79.9. The van der Waals surface area contributed by atoms with Crippen LogP contribution in [0.2, 0.25) is 0 Å². The molecule has 1 aliphatic rings. The van der Waals surface area contributed by atoms with E-state index in [9.17, 15) is 4.79 Å². The molecule has 0 saturated heterocycles. The van der Waals surface area contributed by atoms with Gasteiger partial charge < -0.3 is 14.8 Å². The third-order valence-corrected chi connectivity index (χ3v) is 4.16. The summed E-state index contributed by atoms with van der Waals surface area (Å²) in [5.41, 5.74) is -0.590. The Balaban J connectivity index is 1.77. The maximum Gasteiger partial charge on any atom is 0.408 e. The number of nitrogens with one attached hydrogen (secondary N) is 1. The molecule has 0 aliphatic heterocycles. The Morgan fingerprint density at radius 2 is 2.17 bits per heavy atom. The Bertz CT molecular complexity index is 553. The van der Waals surface area contributed by atoms with E-state index in [2.05, 4.69) is 26.2 Å². The molecule has 1 unspecified atom stereocenters. The Labute approximate surface area is 146 Å². The van der Waals surface area contributed by atoms with Crippen LogP contribution in [0.5, 0.6) is 5.88 Å². The van der Waals surface area contributed by atoms with Crippen LogP contribution >= 0.6 is 15.9 Å². The first-order valence-electron chi connectivity index (χ1n) is 7.97. The molecule has 6 heteroatoms. The van der Waals surface area contributed by atoms with Gasteiger partial charge in [-0.25, -0.2) is 9.78 Å². The Morgan fingerprint density at radius 3 is 2.74 bits per heavy atom. The van der Waals surface area contributed by atoms with E-state index in [0.29, 0.717) is 5.88 Å². The highest BCUT2D eigenvalue weighted by Gasteiger charge is 2.44. The number of aromatic nitrogens is 1. The molecule has 1 N–H and O–H groups in total. The number of carbonyl (C=O) groups is 1. The Hall–Kier alpha value is -1.30. The highest BCUT2D eigenvalue weighted by molar-refractivity contribution is 9.10. The molecule has 2 rings (SSSR count). The van der Waals surface area contributed by atoms with Gasteiger partial charge in [0.15, 0.2) is 0 Å². The fraction of sp³-hybridized carbons (Fsp3) is 0.647. The number of hydrogen-bond acceptors (Lipinski definition) is 4. The number of carbonyl (C=O) groups excluding carboxylic acids is 1. The molecule has 1 fully saturated rings. The number of alkyl carbamates (subject to hydrolysis) is 1. The molecule has 1 atom stereocenters. The summed E-state index contributed by atoms with van der Waals surface area (Å²) in [6.45, 7) is 7.62. The van der Waals surface area contributed by atoms with Gasteiger partial charge in [-0.3, -0.25) is 0 Å². The van der Waals surface area contributed by atoms with Gasteiger partial charge in [-0.15, -0.1) is 0 Å². The van der Waals surface area contributed by atoms with Crippen LogP contribution in [-0.4, -0.2) is 28.3 Å². The van der Waals surface area contributed by atoms with Crippen LogP contribution in [0.15, 0.2) is 22.8 Å². The van der Waals surface area contributed by atoms with Crippen LogP contribution in [0.3, 0.4) is 0 Å². The minimum Gasteiger partial charge on any atom is -0.475 e. The van der Waals surface area contributed by atoms with Crippen LogP contribution in [0, 0.1) is 0 Å². The van der Waals surface area contributed by atoms with Crippen LogP contribution in [0.1, 0.15) is 53.4 Å². The molecule has 0 bridgehead atoms. The molecule has 128 valence electrons. The van der Waals surface area contributed by atoms with Crippen molar-refractivity contribution >= 4 is 22.0 Å². The maximum atomic E-state index is 11.9. The van der Waals surface area contributed by atoms with Gasteiger partial charge >= 0.3 is 6.09 Å². The summed E-state index contributed by atoms with van der Waals surface area (Å²) in [7, 11) is 0. The summed E-state index contributed by atoms with van der Waals surface area (Å²) in [5, 5.41) is 3.01. The largest absolute Gasteiger partial charge is 0.475 e. The smallest absolute Gasteiger partial charge is 0.408 e. The maximum absolute atomic E-state index is 11.9. The fourth-order valence-electron chi connectivity index (χ4n) is 2.30. The van der Waals surface area contributed by atoms with E-state index in [4.69, 9.17) is 9.47 Å². The Morgan fingerprint density at radius 1 is 1.48 bits per heavy atom. The highest BCUT2D eigenvalue weighted by Crippen LogP contribution is 2.40. The molecule has 1 aliphatic carbocycles. The topological polar surface area (TPSA) is 60.5 Å². The second-order valence-corrected chi connectivity index (χ2v) is 8.10. The molecular formula is C17H25BrN2O3. The third kappa shape index (κ3) is 6.37. The minimum absolute atomic E-state index is 0.0368. The molecule has 1 heterocycles. The van der Waals surface area contributed by atoms with Gasteiger partial charge in [0.25, 0.3) is 0 Å². The van der Waals surface area contributed by atoms with E-state index >= 15 is 0 Å². The van der Waals surface area contributed by atoms with Crippen molar-refractivity contribution in [2.24, 2.45) is 0 Å². The second-order valence-electron chi connectivity index (χ2n) is 7.19. The summed E-state index contributed by atoms with van der Waals surface area (Å²) in [4.78, 5) is 16.1. The van der Waals surface area contributed by atoms with Crippen molar-refractivity contribution in [2.75, 3.05) is 0 Å². The molecule has 0 radical (unpaired) electrons. The lowest BCUT2D eigenvalue weighted by molar-refractivity contribution is 0.0488. The second kappa shape index (κ2) is 7.07. The monoisotopic (exact) mass is 384 g/mol. The lowest BCUT2D eigenvalue weighted by Gasteiger charge is -2.24. The Kier molecular flexibility index (Phi) is 5.55. The average molecular weight is 385 g/mol. The molecule has 0 spiro atoms. The average Bonchev–Trinajstić information content (AvgIpc) is 3.14. The molecule has 23 heavy (non-hydrogen) atoms. The zero-order valence-corrected chi connectivity index (χ0v) is 15.8. The number of halogens is 1. The molecular weight excluding hydrogens is 360 g/mol. The van der Waals surface area contributed by atoms with Crippen LogP contribution in [0.4, 0.5) is 4.79 Å². The van der Waals surface area contributed by atoms with E-state index in [0.717, 1.165) is 30.2 Å². The van der Waals surface area contributed by atoms with Gasteiger partial charge in [-0.05, 0) is 59.4 Å². The number of ether oxygens (including phenoxy) is 2. The van der Waals surface area contributed by atoms with Crippen molar-refractivity contribution in [1.82, 2.24) is 10.3 Å². The normalized spacial score (nSPS) is 17.3. The van der Waals surface area contributed by atoms with Crippen molar-refractivity contribution in [3.63, 3.8) is 0 Å². The van der Waals surface area contributed by atoms with Crippen molar-refractivity contribution in [2.45, 2.75) is 70.6 Å². The van der Waals surface area contributed by atoms with Crippen LogP contribution < -0.4 is 10.1 Å². The third-order valence-electron chi connectivity index (χ3n) is 3.67. The summed E-state index contributed by atoms with van der Waals surface area (Å²) in [6, 6.07) is 3.71. The minimum atomic E-state index is -0.469. The molecule has 1 aromatic heterocycles. The summed E-state index contributed by atoms with van der Waals surface area (Å²) in [6.07, 6.45) is 5.12. The van der Waals surface area contributed by atoms with Gasteiger partial charge in [0, 0.05) is 22.3 Å². The number of nitrogens with zero attached hydrogens (tertiary/aromatic N) is 1. The van der Waals surface area contributed by atoms with E-state index in [1.54, 1.807) is 6.20 Å². The SMILES string of the molecule is CC(CCC1(NC(=O)OC(C)(C)C)CC1)Oc1cc(Br)ccn1. The molecule has 5 nitrogen and oxygen atoms in total. The number of amides is 1. The van der Waals surface area contributed by atoms with E-state index < -0.39 is 5.60 Å². The van der Waals surface area contributed by atoms with Gasteiger partial charge in [0.05, 0.1) is 6.10 Å². The summed E-state index contributed by atoms with van der Waals surface area (Å²) in [5.74, 6) is 0.608. The van der Waals surface area contributed by atoms with Gasteiger partial charge in [0.2, 0.25) is 5.88 Å². The first-order valence-corrected chi connectivity index (χ1v) is 8.76. The zero-order chi connectivity index (χ0) is 17.1. The first-order chi connectivity index (χ1) is 10.7. The zero-order valence-electron chi connectivity index (χ0n) is 14.2. The lowest BCUT2D eigenvalue weighted by atomic mass is 10.1. The molecule has 0 aromatic carbocycles. The molecule has 1 aromatic rings. The lowest BCUT2D eigenvalue weighted by Crippen LogP contribution is -2.41. The van der Waals surface area contributed by atoms with Crippen molar-refractivity contribution < 1.29 is 14.3 Å². The van der Waals surface area contributed by atoms with E-state index in [-0.39, 0.29) is 17.7 Å². The number of pyridine rings is 1. The standard InChI is InChI=1S/C17H25BrN2O3/c1-12(22-14-11-13(18)6-10-19-14)5-7-17(8-9-17)20-15(21)23-16(2,3)4/h6,10-12H,5,7-9H2,1-4H3,(H,20,21). The molecule has 1 amide bonds.